The molecule has 3 aromatic rings. The number of hydrogen-bond acceptors (Lipinski definition) is 3. The first-order valence-corrected chi connectivity index (χ1v) is 7.94. The predicted octanol–water partition coefficient (Wildman–Crippen LogP) is 4.22. The van der Waals surface area contributed by atoms with E-state index in [4.69, 9.17) is 4.42 Å². The molecular weight excluding hydrogens is 302 g/mol. The van der Waals surface area contributed by atoms with Crippen LogP contribution in [-0.4, -0.2) is 5.91 Å². The van der Waals surface area contributed by atoms with E-state index < -0.39 is 5.91 Å². The number of rotatable bonds is 3. The molecule has 0 spiro atoms. The number of para-hydroxylation sites is 1. The summed E-state index contributed by atoms with van der Waals surface area (Å²) in [5, 5.41) is 3.36. The summed E-state index contributed by atoms with van der Waals surface area (Å²) in [6, 6.07) is 12.5. The second-order valence-corrected chi connectivity index (χ2v) is 5.89. The van der Waals surface area contributed by atoms with Crippen LogP contribution in [0.2, 0.25) is 0 Å². The second kappa shape index (κ2) is 6.32. The van der Waals surface area contributed by atoms with Crippen molar-refractivity contribution in [2.75, 3.05) is 5.32 Å². The van der Waals surface area contributed by atoms with E-state index in [9.17, 15) is 9.59 Å². The van der Waals surface area contributed by atoms with Crippen molar-refractivity contribution in [3.8, 4) is 0 Å². The van der Waals surface area contributed by atoms with E-state index in [1.807, 2.05) is 45.0 Å². The SMILES string of the molecule is CCc1cccc(C)c1NC(=O)c1cc(=O)c2cc(C)ccc2o1. The van der Waals surface area contributed by atoms with Gasteiger partial charge < -0.3 is 9.73 Å². The van der Waals surface area contributed by atoms with Crippen molar-refractivity contribution in [2.24, 2.45) is 0 Å². The topological polar surface area (TPSA) is 59.3 Å². The molecule has 0 unspecified atom stereocenters. The van der Waals surface area contributed by atoms with Gasteiger partial charge in [0.1, 0.15) is 5.58 Å². The van der Waals surface area contributed by atoms with Crippen molar-refractivity contribution in [3.63, 3.8) is 0 Å². The van der Waals surface area contributed by atoms with Gasteiger partial charge in [0.05, 0.1) is 5.39 Å². The Morgan fingerprint density at radius 2 is 1.92 bits per heavy atom. The third kappa shape index (κ3) is 2.95. The highest BCUT2D eigenvalue weighted by Gasteiger charge is 2.15. The zero-order chi connectivity index (χ0) is 17.3. The Kier molecular flexibility index (Phi) is 4.21. The van der Waals surface area contributed by atoms with Crippen molar-refractivity contribution in [2.45, 2.75) is 27.2 Å². The fraction of sp³-hybridized carbons (Fsp3) is 0.200. The second-order valence-electron chi connectivity index (χ2n) is 5.89. The molecule has 0 aliphatic rings. The fourth-order valence-electron chi connectivity index (χ4n) is 2.76. The van der Waals surface area contributed by atoms with Gasteiger partial charge in [-0.1, -0.05) is 36.8 Å². The van der Waals surface area contributed by atoms with Crippen LogP contribution in [0.25, 0.3) is 11.0 Å². The largest absolute Gasteiger partial charge is 0.451 e. The minimum atomic E-state index is -0.418. The lowest BCUT2D eigenvalue weighted by Crippen LogP contribution is -2.16. The maximum atomic E-state index is 12.6. The van der Waals surface area contributed by atoms with Gasteiger partial charge >= 0.3 is 0 Å². The van der Waals surface area contributed by atoms with Crippen LogP contribution in [0.4, 0.5) is 5.69 Å². The van der Waals surface area contributed by atoms with Gasteiger partial charge in [-0.3, -0.25) is 9.59 Å². The number of aryl methyl sites for hydroxylation is 3. The molecule has 2 aromatic carbocycles. The van der Waals surface area contributed by atoms with Crippen LogP contribution in [0.1, 0.15) is 34.2 Å². The van der Waals surface area contributed by atoms with Crippen molar-refractivity contribution >= 4 is 22.6 Å². The summed E-state index contributed by atoms with van der Waals surface area (Å²) >= 11 is 0. The number of fused-ring (bicyclic) bond motifs is 1. The molecule has 122 valence electrons. The van der Waals surface area contributed by atoms with E-state index in [2.05, 4.69) is 5.32 Å². The molecule has 0 aliphatic heterocycles. The standard InChI is InChI=1S/C20H19NO3/c1-4-14-7-5-6-13(3)19(14)21-20(23)18-11-16(22)15-10-12(2)8-9-17(15)24-18/h5-11H,4H2,1-3H3,(H,21,23). The first-order valence-electron chi connectivity index (χ1n) is 7.94. The van der Waals surface area contributed by atoms with Crippen LogP contribution in [0.5, 0.6) is 0 Å². The van der Waals surface area contributed by atoms with Gasteiger partial charge in [-0.25, -0.2) is 0 Å². The Hall–Kier alpha value is -2.88. The molecular formula is C20H19NO3. The maximum Gasteiger partial charge on any atom is 0.291 e. The first kappa shape index (κ1) is 16.0. The van der Waals surface area contributed by atoms with E-state index >= 15 is 0 Å². The van der Waals surface area contributed by atoms with Crippen molar-refractivity contribution in [1.29, 1.82) is 0 Å². The number of hydrogen-bond donors (Lipinski definition) is 1. The zero-order valence-corrected chi connectivity index (χ0v) is 14.0. The van der Waals surface area contributed by atoms with Crippen LogP contribution < -0.4 is 10.7 Å². The molecule has 1 aromatic heterocycles. The highest BCUT2D eigenvalue weighted by atomic mass is 16.3. The molecule has 1 heterocycles. The Morgan fingerprint density at radius 1 is 1.12 bits per heavy atom. The summed E-state index contributed by atoms with van der Waals surface area (Å²) in [7, 11) is 0. The van der Waals surface area contributed by atoms with E-state index in [0.29, 0.717) is 11.0 Å². The van der Waals surface area contributed by atoms with Gasteiger partial charge in [0.2, 0.25) is 0 Å². The molecule has 4 heteroatoms. The van der Waals surface area contributed by atoms with E-state index in [1.165, 1.54) is 6.07 Å². The van der Waals surface area contributed by atoms with Crippen molar-refractivity contribution in [1.82, 2.24) is 0 Å². The number of nitrogens with one attached hydrogen (secondary N) is 1. The summed E-state index contributed by atoms with van der Waals surface area (Å²) in [4.78, 5) is 24.8. The van der Waals surface area contributed by atoms with Gasteiger partial charge in [-0.15, -0.1) is 0 Å². The Morgan fingerprint density at radius 3 is 2.67 bits per heavy atom. The predicted molar refractivity (Wildman–Crippen MR) is 95.7 cm³/mol. The van der Waals surface area contributed by atoms with Crippen LogP contribution in [0.15, 0.2) is 51.7 Å². The summed E-state index contributed by atoms with van der Waals surface area (Å²) < 4.78 is 5.63. The normalized spacial score (nSPS) is 10.8. The van der Waals surface area contributed by atoms with E-state index in [1.54, 1.807) is 12.1 Å². The Balaban J connectivity index is 2.01. The lowest BCUT2D eigenvalue weighted by atomic mass is 10.1. The van der Waals surface area contributed by atoms with Crippen LogP contribution in [-0.2, 0) is 6.42 Å². The fourth-order valence-corrected chi connectivity index (χ4v) is 2.76. The lowest BCUT2D eigenvalue weighted by molar-refractivity contribution is 0.0997. The Bertz CT molecular complexity index is 986. The molecule has 0 aliphatic carbocycles. The van der Waals surface area contributed by atoms with Crippen molar-refractivity contribution in [3.05, 3.63) is 75.1 Å². The van der Waals surface area contributed by atoms with Crippen molar-refractivity contribution < 1.29 is 9.21 Å². The van der Waals surface area contributed by atoms with Gasteiger partial charge in [0.15, 0.2) is 11.2 Å². The quantitative estimate of drug-likeness (QED) is 0.785. The molecule has 4 nitrogen and oxygen atoms in total. The van der Waals surface area contributed by atoms with Crippen LogP contribution in [0.3, 0.4) is 0 Å². The summed E-state index contributed by atoms with van der Waals surface area (Å²) in [6.07, 6.45) is 0.804. The number of amides is 1. The number of anilines is 1. The number of benzene rings is 2. The van der Waals surface area contributed by atoms with E-state index in [-0.39, 0.29) is 11.2 Å². The molecule has 0 fully saturated rings. The molecule has 1 amide bonds. The average Bonchev–Trinajstić information content (AvgIpc) is 2.57. The van der Waals surface area contributed by atoms with Gasteiger partial charge in [-0.05, 0) is 43.5 Å². The third-order valence-electron chi connectivity index (χ3n) is 4.08. The molecule has 3 rings (SSSR count). The van der Waals surface area contributed by atoms with Crippen LogP contribution in [0, 0.1) is 13.8 Å². The third-order valence-corrected chi connectivity index (χ3v) is 4.08. The molecule has 0 bridgehead atoms. The van der Waals surface area contributed by atoms with Gasteiger partial charge in [0.25, 0.3) is 5.91 Å². The lowest BCUT2D eigenvalue weighted by Gasteiger charge is -2.12. The maximum absolute atomic E-state index is 12.6. The smallest absolute Gasteiger partial charge is 0.291 e. The summed E-state index contributed by atoms with van der Waals surface area (Å²) in [5.41, 5.74) is 3.96. The molecule has 1 N–H and O–H groups in total. The van der Waals surface area contributed by atoms with Gasteiger partial charge in [-0.2, -0.15) is 0 Å². The summed E-state index contributed by atoms with van der Waals surface area (Å²) in [6.45, 7) is 5.88. The molecule has 24 heavy (non-hydrogen) atoms. The minimum absolute atomic E-state index is 0.0154. The first-order chi connectivity index (χ1) is 11.5. The highest BCUT2D eigenvalue weighted by Crippen LogP contribution is 2.22. The average molecular weight is 321 g/mol. The molecule has 0 saturated carbocycles. The number of carbonyl (C=O) groups excluding carboxylic acids is 1. The molecule has 0 atom stereocenters. The number of carbonyl (C=O) groups is 1. The molecule has 0 saturated heterocycles. The summed E-state index contributed by atoms with van der Waals surface area (Å²) in [5.74, 6) is -0.403. The van der Waals surface area contributed by atoms with Gasteiger partial charge in [0, 0.05) is 11.8 Å². The van der Waals surface area contributed by atoms with Crippen LogP contribution >= 0.6 is 0 Å². The monoisotopic (exact) mass is 321 g/mol. The van der Waals surface area contributed by atoms with E-state index in [0.717, 1.165) is 28.8 Å². The zero-order valence-electron chi connectivity index (χ0n) is 14.0. The Labute approximate surface area is 140 Å². The highest BCUT2D eigenvalue weighted by molar-refractivity contribution is 6.03. The minimum Gasteiger partial charge on any atom is -0.451 e. The molecule has 0 radical (unpaired) electrons.